The molecule has 2 rings (SSSR count). The number of nitrogens with zero attached hydrogens (tertiary/aromatic N) is 2. The SMILES string of the molecule is CN(CC1CCCN(C(=O)c2ccc(S(=O)(=O)C(F)F)cc2)C1)C(=O)OC(C)(C)C. The molecule has 0 bridgehead atoms. The van der Waals surface area contributed by atoms with E-state index in [-0.39, 0.29) is 17.4 Å². The normalized spacial score (nSPS) is 17.7. The lowest BCUT2D eigenvalue weighted by Gasteiger charge is -2.35. The highest BCUT2D eigenvalue weighted by atomic mass is 32.2. The fraction of sp³-hybridized carbons (Fsp3) is 0.600. The quantitative estimate of drug-likeness (QED) is 0.692. The van der Waals surface area contributed by atoms with Gasteiger partial charge < -0.3 is 14.5 Å². The molecule has 2 amide bonds. The summed E-state index contributed by atoms with van der Waals surface area (Å²) < 4.78 is 53.7. The van der Waals surface area contributed by atoms with Crippen LogP contribution < -0.4 is 0 Å². The van der Waals surface area contributed by atoms with Crippen LogP contribution in [0.1, 0.15) is 44.0 Å². The molecule has 1 aromatic rings. The van der Waals surface area contributed by atoms with Crippen LogP contribution in [-0.2, 0) is 14.6 Å². The van der Waals surface area contributed by atoms with Gasteiger partial charge in [-0.3, -0.25) is 4.79 Å². The van der Waals surface area contributed by atoms with Crippen molar-refractivity contribution in [3.8, 4) is 0 Å². The van der Waals surface area contributed by atoms with Crippen molar-refractivity contribution in [3.05, 3.63) is 29.8 Å². The first-order valence-corrected chi connectivity index (χ1v) is 11.2. The summed E-state index contributed by atoms with van der Waals surface area (Å²) in [6, 6.07) is 4.53. The van der Waals surface area contributed by atoms with E-state index in [0.29, 0.717) is 19.6 Å². The number of halogens is 2. The lowest BCUT2D eigenvalue weighted by Crippen LogP contribution is -2.45. The van der Waals surface area contributed by atoms with Crippen LogP contribution in [0.3, 0.4) is 0 Å². The zero-order valence-electron chi connectivity index (χ0n) is 17.6. The van der Waals surface area contributed by atoms with Gasteiger partial charge in [-0.25, -0.2) is 13.2 Å². The Bertz CT molecular complexity index is 866. The fourth-order valence-corrected chi connectivity index (χ4v) is 3.99. The van der Waals surface area contributed by atoms with Gasteiger partial charge in [-0.15, -0.1) is 0 Å². The van der Waals surface area contributed by atoms with Gasteiger partial charge in [0.15, 0.2) is 0 Å². The fourth-order valence-electron chi connectivity index (χ4n) is 3.27. The monoisotopic (exact) mass is 446 g/mol. The molecule has 7 nitrogen and oxygen atoms in total. The van der Waals surface area contributed by atoms with Crippen LogP contribution in [0.4, 0.5) is 13.6 Å². The molecule has 0 aromatic heterocycles. The summed E-state index contributed by atoms with van der Waals surface area (Å²) in [5.41, 5.74) is -0.367. The Kier molecular flexibility index (Phi) is 7.44. The van der Waals surface area contributed by atoms with Gasteiger partial charge in [0.25, 0.3) is 5.91 Å². The molecule has 1 unspecified atom stereocenters. The largest absolute Gasteiger partial charge is 0.444 e. The Morgan fingerprint density at radius 1 is 1.23 bits per heavy atom. The Morgan fingerprint density at radius 2 is 1.83 bits per heavy atom. The highest BCUT2D eigenvalue weighted by Crippen LogP contribution is 2.22. The summed E-state index contributed by atoms with van der Waals surface area (Å²) in [7, 11) is -3.05. The highest BCUT2D eigenvalue weighted by molar-refractivity contribution is 7.91. The van der Waals surface area contributed by atoms with E-state index in [9.17, 15) is 26.8 Å². The van der Waals surface area contributed by atoms with Gasteiger partial charge in [-0.05, 0) is 63.8 Å². The van der Waals surface area contributed by atoms with Crippen molar-refractivity contribution < 1.29 is 31.5 Å². The third-order valence-corrected chi connectivity index (χ3v) is 6.11. The molecule has 0 spiro atoms. The van der Waals surface area contributed by atoms with Crippen molar-refractivity contribution in [1.82, 2.24) is 9.80 Å². The van der Waals surface area contributed by atoms with E-state index in [4.69, 9.17) is 4.74 Å². The van der Waals surface area contributed by atoms with Crippen molar-refractivity contribution in [1.29, 1.82) is 0 Å². The number of likely N-dealkylation sites (tertiary alicyclic amines) is 1. The van der Waals surface area contributed by atoms with E-state index in [1.807, 2.05) is 0 Å². The summed E-state index contributed by atoms with van der Waals surface area (Å²) >= 11 is 0. The minimum Gasteiger partial charge on any atom is -0.444 e. The minimum absolute atomic E-state index is 0.0682. The number of hydrogen-bond acceptors (Lipinski definition) is 5. The Morgan fingerprint density at radius 3 is 2.37 bits per heavy atom. The molecule has 1 heterocycles. The van der Waals surface area contributed by atoms with Gasteiger partial charge in [0.1, 0.15) is 5.60 Å². The van der Waals surface area contributed by atoms with Crippen molar-refractivity contribution in [3.63, 3.8) is 0 Å². The smallest absolute Gasteiger partial charge is 0.410 e. The molecule has 0 N–H and O–H groups in total. The van der Waals surface area contributed by atoms with E-state index in [0.717, 1.165) is 25.0 Å². The van der Waals surface area contributed by atoms with Gasteiger partial charge in [0.05, 0.1) is 4.90 Å². The molecule has 1 aromatic carbocycles. The average molecular weight is 447 g/mol. The molecule has 1 fully saturated rings. The van der Waals surface area contributed by atoms with E-state index in [2.05, 4.69) is 0 Å². The lowest BCUT2D eigenvalue weighted by atomic mass is 9.97. The number of alkyl halides is 2. The number of benzene rings is 1. The number of ether oxygens (including phenoxy) is 1. The van der Waals surface area contributed by atoms with Crippen molar-refractivity contribution in [2.24, 2.45) is 5.92 Å². The summed E-state index contributed by atoms with van der Waals surface area (Å²) in [5.74, 6) is -3.75. The van der Waals surface area contributed by atoms with Crippen LogP contribution in [0, 0.1) is 5.92 Å². The Balaban J connectivity index is 2.01. The zero-order valence-corrected chi connectivity index (χ0v) is 18.4. The van der Waals surface area contributed by atoms with Crippen LogP contribution in [0.15, 0.2) is 29.2 Å². The Labute approximate surface area is 175 Å². The van der Waals surface area contributed by atoms with Crippen LogP contribution in [0.2, 0.25) is 0 Å². The van der Waals surface area contributed by atoms with E-state index >= 15 is 0 Å². The van der Waals surface area contributed by atoms with Gasteiger partial charge in [-0.2, -0.15) is 8.78 Å². The molecular formula is C20H28F2N2O5S. The van der Waals surface area contributed by atoms with E-state index in [1.165, 1.54) is 17.0 Å². The molecular weight excluding hydrogens is 418 g/mol. The van der Waals surface area contributed by atoms with Crippen LogP contribution in [0.5, 0.6) is 0 Å². The van der Waals surface area contributed by atoms with Crippen molar-refractivity contribution in [2.45, 2.75) is 49.9 Å². The molecule has 1 atom stereocenters. The molecule has 168 valence electrons. The predicted molar refractivity (Wildman–Crippen MR) is 107 cm³/mol. The van der Waals surface area contributed by atoms with Crippen molar-refractivity contribution in [2.75, 3.05) is 26.7 Å². The number of carbonyl (C=O) groups excluding carboxylic acids is 2. The molecule has 10 heteroatoms. The summed E-state index contributed by atoms with van der Waals surface area (Å²) in [6.07, 6.45) is 1.18. The third kappa shape index (κ3) is 6.13. The number of amides is 2. The number of hydrogen-bond donors (Lipinski definition) is 0. The molecule has 1 aliphatic heterocycles. The first kappa shape index (κ1) is 24.0. The highest BCUT2D eigenvalue weighted by Gasteiger charge is 2.29. The second kappa shape index (κ2) is 9.28. The summed E-state index contributed by atoms with van der Waals surface area (Å²) in [5, 5.41) is 0. The minimum atomic E-state index is -4.70. The molecule has 0 saturated carbocycles. The number of sulfone groups is 1. The number of rotatable bonds is 5. The number of carbonyl (C=O) groups is 2. The van der Waals surface area contributed by atoms with Gasteiger partial charge in [0.2, 0.25) is 9.84 Å². The molecule has 0 radical (unpaired) electrons. The maximum absolute atomic E-state index is 12.8. The molecule has 1 aliphatic rings. The van der Waals surface area contributed by atoms with Crippen LogP contribution >= 0.6 is 0 Å². The topological polar surface area (TPSA) is 84.0 Å². The first-order valence-electron chi connectivity index (χ1n) is 9.67. The standard InChI is InChI=1S/C20H28F2N2O5S/c1-20(2,3)29-19(26)23(4)12-14-6-5-11-24(13-14)17(25)15-7-9-16(10-8-15)30(27,28)18(21)22/h7-10,14,18H,5-6,11-13H2,1-4H3. The lowest BCUT2D eigenvalue weighted by molar-refractivity contribution is 0.0244. The maximum atomic E-state index is 12.8. The van der Waals surface area contributed by atoms with Gasteiger partial charge in [0, 0.05) is 32.2 Å². The molecule has 0 aliphatic carbocycles. The predicted octanol–water partition coefficient (Wildman–Crippen LogP) is 3.40. The van der Waals surface area contributed by atoms with Gasteiger partial charge >= 0.3 is 11.9 Å². The number of piperidine rings is 1. The second-order valence-corrected chi connectivity index (χ2v) is 10.4. The van der Waals surface area contributed by atoms with E-state index < -0.39 is 32.2 Å². The van der Waals surface area contributed by atoms with Crippen LogP contribution in [-0.4, -0.2) is 68.3 Å². The maximum Gasteiger partial charge on any atom is 0.410 e. The average Bonchev–Trinajstić information content (AvgIpc) is 2.66. The summed E-state index contributed by atoms with van der Waals surface area (Å²) in [4.78, 5) is 27.5. The zero-order chi connectivity index (χ0) is 22.7. The first-order chi connectivity index (χ1) is 13.8. The summed E-state index contributed by atoms with van der Waals surface area (Å²) in [6.45, 7) is 6.77. The molecule has 1 saturated heterocycles. The second-order valence-electron chi connectivity index (χ2n) is 8.45. The molecule has 30 heavy (non-hydrogen) atoms. The van der Waals surface area contributed by atoms with E-state index in [1.54, 1.807) is 32.7 Å². The third-order valence-electron chi connectivity index (χ3n) is 4.71. The van der Waals surface area contributed by atoms with Gasteiger partial charge in [-0.1, -0.05) is 0 Å². The Hall–Kier alpha value is -2.23. The van der Waals surface area contributed by atoms with Crippen molar-refractivity contribution >= 4 is 21.8 Å². The van der Waals surface area contributed by atoms with Crippen LogP contribution in [0.25, 0.3) is 0 Å².